The molecule has 0 unspecified atom stereocenters. The Morgan fingerprint density at radius 3 is 2.81 bits per heavy atom. The van der Waals surface area contributed by atoms with Crippen molar-refractivity contribution < 1.29 is 0 Å². The van der Waals surface area contributed by atoms with Crippen molar-refractivity contribution in [3.63, 3.8) is 0 Å². The Kier molecular flexibility index (Phi) is 5.41. The molecular weight excluding hydrogens is 430 g/mol. The number of hydrogen-bond donors (Lipinski definition) is 1. The van der Waals surface area contributed by atoms with Gasteiger partial charge in [0, 0.05) is 33.2 Å². The standard InChI is InChI=1S/C20H17BrClN3S/c21-16-3-1-2-14(12-16)8-9-23-13-18-19(15-4-6-17(22)7-5-15)24-20-25(18)10-11-26-20/h1-7,10-12,23H,8-9,13H2. The van der Waals surface area contributed by atoms with Crippen LogP contribution in [-0.4, -0.2) is 15.9 Å². The Morgan fingerprint density at radius 2 is 2.00 bits per heavy atom. The van der Waals surface area contributed by atoms with Gasteiger partial charge in [0.15, 0.2) is 4.96 Å². The first-order valence-corrected chi connectivity index (χ1v) is 10.4. The summed E-state index contributed by atoms with van der Waals surface area (Å²) in [6, 6.07) is 16.3. The molecule has 0 saturated heterocycles. The molecule has 0 aliphatic heterocycles. The van der Waals surface area contributed by atoms with Gasteiger partial charge in [0.25, 0.3) is 0 Å². The first-order chi connectivity index (χ1) is 12.7. The number of nitrogens with one attached hydrogen (secondary N) is 1. The van der Waals surface area contributed by atoms with Crippen molar-refractivity contribution in [2.75, 3.05) is 6.54 Å². The monoisotopic (exact) mass is 445 g/mol. The van der Waals surface area contributed by atoms with Gasteiger partial charge in [-0.2, -0.15) is 0 Å². The fourth-order valence-electron chi connectivity index (χ4n) is 2.97. The highest BCUT2D eigenvalue weighted by Gasteiger charge is 2.14. The molecule has 2 heterocycles. The zero-order valence-corrected chi connectivity index (χ0v) is 17.1. The molecule has 0 amide bonds. The average Bonchev–Trinajstić information content (AvgIpc) is 3.21. The molecule has 2 aromatic heterocycles. The molecular formula is C20H17BrClN3S. The van der Waals surface area contributed by atoms with Gasteiger partial charge in [0.05, 0.1) is 11.4 Å². The summed E-state index contributed by atoms with van der Waals surface area (Å²) in [5.41, 5.74) is 4.61. The molecule has 0 saturated carbocycles. The van der Waals surface area contributed by atoms with E-state index in [1.54, 1.807) is 11.3 Å². The van der Waals surface area contributed by atoms with Crippen molar-refractivity contribution >= 4 is 43.8 Å². The van der Waals surface area contributed by atoms with Gasteiger partial charge in [-0.25, -0.2) is 4.98 Å². The second-order valence-electron chi connectivity index (χ2n) is 6.03. The van der Waals surface area contributed by atoms with E-state index in [9.17, 15) is 0 Å². The van der Waals surface area contributed by atoms with E-state index >= 15 is 0 Å². The highest BCUT2D eigenvalue weighted by Crippen LogP contribution is 2.27. The largest absolute Gasteiger partial charge is 0.311 e. The Bertz CT molecular complexity index is 1020. The summed E-state index contributed by atoms with van der Waals surface area (Å²) in [6.45, 7) is 1.68. The first kappa shape index (κ1) is 17.7. The molecule has 3 nitrogen and oxygen atoms in total. The third kappa shape index (κ3) is 3.86. The zero-order valence-electron chi connectivity index (χ0n) is 14.0. The van der Waals surface area contributed by atoms with Gasteiger partial charge in [-0.3, -0.25) is 4.40 Å². The minimum atomic E-state index is 0.739. The summed E-state index contributed by atoms with van der Waals surface area (Å²) in [4.78, 5) is 5.83. The maximum atomic E-state index is 6.03. The summed E-state index contributed by atoms with van der Waals surface area (Å²) < 4.78 is 3.29. The van der Waals surface area contributed by atoms with Crippen LogP contribution in [0.4, 0.5) is 0 Å². The average molecular weight is 447 g/mol. The smallest absolute Gasteiger partial charge is 0.194 e. The molecule has 0 fully saturated rings. The van der Waals surface area contributed by atoms with Crippen LogP contribution in [0, 0.1) is 0 Å². The molecule has 0 spiro atoms. The molecule has 4 aromatic rings. The quantitative estimate of drug-likeness (QED) is 0.379. The zero-order chi connectivity index (χ0) is 17.9. The van der Waals surface area contributed by atoms with Gasteiger partial charge in [-0.15, -0.1) is 11.3 Å². The number of aromatic nitrogens is 2. The molecule has 26 heavy (non-hydrogen) atoms. The third-order valence-corrected chi connectivity index (χ3v) is 5.75. The minimum Gasteiger partial charge on any atom is -0.311 e. The number of fused-ring (bicyclic) bond motifs is 1. The van der Waals surface area contributed by atoms with Crippen LogP contribution in [0.2, 0.25) is 5.02 Å². The minimum absolute atomic E-state index is 0.739. The van der Waals surface area contributed by atoms with E-state index in [2.05, 4.69) is 61.5 Å². The van der Waals surface area contributed by atoms with Crippen molar-refractivity contribution in [2.24, 2.45) is 0 Å². The van der Waals surface area contributed by atoms with Crippen LogP contribution in [0.1, 0.15) is 11.3 Å². The van der Waals surface area contributed by atoms with Gasteiger partial charge in [-0.1, -0.05) is 51.8 Å². The normalized spacial score (nSPS) is 11.3. The van der Waals surface area contributed by atoms with Gasteiger partial charge in [-0.05, 0) is 42.8 Å². The molecule has 0 radical (unpaired) electrons. The molecule has 0 bridgehead atoms. The van der Waals surface area contributed by atoms with Gasteiger partial charge in [0.1, 0.15) is 0 Å². The second kappa shape index (κ2) is 7.92. The van der Waals surface area contributed by atoms with Gasteiger partial charge < -0.3 is 5.32 Å². The Morgan fingerprint density at radius 1 is 1.15 bits per heavy atom. The van der Waals surface area contributed by atoms with Crippen LogP contribution in [-0.2, 0) is 13.0 Å². The number of halogens is 2. The maximum absolute atomic E-state index is 6.03. The van der Waals surface area contributed by atoms with E-state index in [1.165, 1.54) is 11.3 Å². The molecule has 0 aliphatic carbocycles. The summed E-state index contributed by atoms with van der Waals surface area (Å²) in [6.07, 6.45) is 3.07. The molecule has 1 N–H and O–H groups in total. The molecule has 2 aromatic carbocycles. The lowest BCUT2D eigenvalue weighted by Gasteiger charge is -2.08. The van der Waals surface area contributed by atoms with Crippen LogP contribution in [0.3, 0.4) is 0 Å². The van der Waals surface area contributed by atoms with E-state index in [0.717, 1.165) is 45.2 Å². The van der Waals surface area contributed by atoms with Crippen LogP contribution in [0.15, 0.2) is 64.6 Å². The first-order valence-electron chi connectivity index (χ1n) is 8.36. The molecule has 0 atom stereocenters. The predicted molar refractivity (Wildman–Crippen MR) is 113 cm³/mol. The van der Waals surface area contributed by atoms with Gasteiger partial charge in [0.2, 0.25) is 0 Å². The number of rotatable bonds is 6. The predicted octanol–water partition coefficient (Wildman–Crippen LogP) is 5.81. The Balaban J connectivity index is 1.51. The van der Waals surface area contributed by atoms with Crippen LogP contribution < -0.4 is 5.32 Å². The number of thiazole rings is 1. The summed E-state index contributed by atoms with van der Waals surface area (Å²) in [5, 5.41) is 6.37. The van der Waals surface area contributed by atoms with Crippen molar-refractivity contribution in [3.8, 4) is 11.3 Å². The van der Waals surface area contributed by atoms with E-state index in [-0.39, 0.29) is 0 Å². The lowest BCUT2D eigenvalue weighted by Crippen LogP contribution is -2.18. The summed E-state index contributed by atoms with van der Waals surface area (Å²) >= 11 is 11.2. The number of nitrogens with zero attached hydrogens (tertiary/aromatic N) is 2. The fourth-order valence-corrected chi connectivity index (χ4v) is 4.28. The number of benzene rings is 2. The van der Waals surface area contributed by atoms with Crippen molar-refractivity contribution in [1.29, 1.82) is 0 Å². The molecule has 4 rings (SSSR count). The lowest BCUT2D eigenvalue weighted by atomic mass is 10.1. The molecule has 6 heteroatoms. The third-order valence-electron chi connectivity index (χ3n) is 4.25. The molecule has 132 valence electrons. The van der Waals surface area contributed by atoms with E-state index < -0.39 is 0 Å². The second-order valence-corrected chi connectivity index (χ2v) is 8.25. The fraction of sp³-hybridized carbons (Fsp3) is 0.150. The van der Waals surface area contributed by atoms with E-state index in [0.29, 0.717) is 0 Å². The van der Waals surface area contributed by atoms with Crippen LogP contribution >= 0.6 is 38.9 Å². The SMILES string of the molecule is Clc1ccc(-c2nc3sccn3c2CNCCc2cccc(Br)c2)cc1. The van der Waals surface area contributed by atoms with E-state index in [1.807, 2.05) is 24.3 Å². The highest BCUT2D eigenvalue weighted by atomic mass is 79.9. The maximum Gasteiger partial charge on any atom is 0.194 e. The summed E-state index contributed by atoms with van der Waals surface area (Å²) in [5.74, 6) is 0. The van der Waals surface area contributed by atoms with Gasteiger partial charge >= 0.3 is 0 Å². The molecule has 0 aliphatic rings. The summed E-state index contributed by atoms with van der Waals surface area (Å²) in [7, 11) is 0. The van der Waals surface area contributed by atoms with Crippen LogP contribution in [0.5, 0.6) is 0 Å². The Labute approximate surface area is 169 Å². The van der Waals surface area contributed by atoms with Crippen molar-refractivity contribution in [1.82, 2.24) is 14.7 Å². The highest BCUT2D eigenvalue weighted by molar-refractivity contribution is 9.10. The topological polar surface area (TPSA) is 29.3 Å². The number of imidazole rings is 1. The number of hydrogen-bond acceptors (Lipinski definition) is 3. The lowest BCUT2D eigenvalue weighted by molar-refractivity contribution is 0.672. The van der Waals surface area contributed by atoms with E-state index in [4.69, 9.17) is 16.6 Å². The Hall–Kier alpha value is -1.66. The van der Waals surface area contributed by atoms with Crippen LogP contribution in [0.25, 0.3) is 16.2 Å². The van der Waals surface area contributed by atoms with Crippen molar-refractivity contribution in [3.05, 3.63) is 80.9 Å². The van der Waals surface area contributed by atoms with Crippen molar-refractivity contribution in [2.45, 2.75) is 13.0 Å².